The molecule has 0 amide bonds. The first-order valence-electron chi connectivity index (χ1n) is 3.74. The second kappa shape index (κ2) is 4.90. The Labute approximate surface area is 85.3 Å². The van der Waals surface area contributed by atoms with E-state index in [2.05, 4.69) is 28.9 Å². The predicted octanol–water partition coefficient (Wildman–Crippen LogP) is 2.84. The Bertz CT molecular complexity index is 263. The van der Waals surface area contributed by atoms with E-state index in [1.165, 1.54) is 10.5 Å². The van der Waals surface area contributed by atoms with Gasteiger partial charge < -0.3 is 5.11 Å². The minimum atomic E-state index is 0.233. The number of thioether (sulfide) groups is 1. The fraction of sp³-hybridized carbons (Fsp3) is 0.333. The molecule has 0 radical (unpaired) electrons. The van der Waals surface area contributed by atoms with Crippen LogP contribution in [0, 0.1) is 6.92 Å². The normalized spacial score (nSPS) is 10.2. The maximum atomic E-state index is 8.66. The number of benzene rings is 1. The van der Waals surface area contributed by atoms with Crippen molar-refractivity contribution in [1.29, 1.82) is 0 Å². The van der Waals surface area contributed by atoms with Crippen LogP contribution in [-0.4, -0.2) is 17.5 Å². The molecule has 1 aromatic rings. The minimum Gasteiger partial charge on any atom is -0.396 e. The average molecular weight is 247 g/mol. The monoisotopic (exact) mass is 246 g/mol. The van der Waals surface area contributed by atoms with E-state index in [1.807, 2.05) is 12.1 Å². The van der Waals surface area contributed by atoms with Gasteiger partial charge in [-0.2, -0.15) is 0 Å². The summed E-state index contributed by atoms with van der Waals surface area (Å²) in [6.07, 6.45) is 0. The summed E-state index contributed by atoms with van der Waals surface area (Å²) >= 11 is 5.14. The molecule has 0 heterocycles. The van der Waals surface area contributed by atoms with Crippen LogP contribution in [0.1, 0.15) is 5.56 Å². The summed E-state index contributed by atoms with van der Waals surface area (Å²) in [6.45, 7) is 2.31. The van der Waals surface area contributed by atoms with Gasteiger partial charge in [-0.15, -0.1) is 11.8 Å². The van der Waals surface area contributed by atoms with E-state index in [0.717, 1.165) is 10.2 Å². The number of aliphatic hydroxyl groups is 1. The molecular weight excluding hydrogens is 236 g/mol. The first kappa shape index (κ1) is 10.1. The summed E-state index contributed by atoms with van der Waals surface area (Å²) in [6, 6.07) is 6.11. The molecule has 0 spiro atoms. The number of halogens is 1. The van der Waals surface area contributed by atoms with E-state index in [0.29, 0.717) is 0 Å². The van der Waals surface area contributed by atoms with Gasteiger partial charge in [0.2, 0.25) is 0 Å². The third kappa shape index (κ3) is 2.51. The summed E-state index contributed by atoms with van der Waals surface area (Å²) in [5.41, 5.74) is 1.25. The van der Waals surface area contributed by atoms with E-state index in [1.54, 1.807) is 11.8 Å². The molecule has 0 saturated carbocycles. The maximum Gasteiger partial charge on any atom is 0.0525 e. The van der Waals surface area contributed by atoms with Gasteiger partial charge in [0, 0.05) is 15.1 Å². The molecule has 66 valence electrons. The molecule has 1 N–H and O–H groups in total. The number of hydrogen-bond acceptors (Lipinski definition) is 2. The highest BCUT2D eigenvalue weighted by molar-refractivity contribution is 9.10. The van der Waals surface area contributed by atoms with E-state index < -0.39 is 0 Å². The summed E-state index contributed by atoms with van der Waals surface area (Å²) in [4.78, 5) is 1.23. The first-order chi connectivity index (χ1) is 5.75. The highest BCUT2D eigenvalue weighted by Gasteiger charge is 2.00. The quantitative estimate of drug-likeness (QED) is 0.829. The molecule has 1 rings (SSSR count). The van der Waals surface area contributed by atoms with E-state index in [9.17, 15) is 0 Å². The summed E-state index contributed by atoms with van der Waals surface area (Å²) < 4.78 is 1.13. The third-order valence-corrected chi connectivity index (χ3v) is 3.57. The Morgan fingerprint density at radius 2 is 2.25 bits per heavy atom. The molecule has 0 aliphatic rings. The molecule has 0 atom stereocenters. The van der Waals surface area contributed by atoms with Gasteiger partial charge in [0.05, 0.1) is 6.61 Å². The van der Waals surface area contributed by atoms with Crippen LogP contribution in [-0.2, 0) is 0 Å². The van der Waals surface area contributed by atoms with Crippen molar-refractivity contribution in [1.82, 2.24) is 0 Å². The number of aliphatic hydroxyl groups excluding tert-OH is 1. The SMILES string of the molecule is Cc1c(Br)cccc1SCCO. The molecule has 12 heavy (non-hydrogen) atoms. The lowest BCUT2D eigenvalue weighted by Gasteiger charge is -2.05. The van der Waals surface area contributed by atoms with Crippen LogP contribution in [0.3, 0.4) is 0 Å². The lowest BCUT2D eigenvalue weighted by Crippen LogP contribution is -1.87. The van der Waals surface area contributed by atoms with Crippen LogP contribution in [0.4, 0.5) is 0 Å². The van der Waals surface area contributed by atoms with Crippen LogP contribution in [0.15, 0.2) is 27.6 Å². The van der Waals surface area contributed by atoms with Crippen molar-refractivity contribution in [2.75, 3.05) is 12.4 Å². The standard InChI is InChI=1S/C9H11BrOS/c1-7-8(10)3-2-4-9(7)12-6-5-11/h2-4,11H,5-6H2,1H3. The smallest absolute Gasteiger partial charge is 0.0525 e. The molecule has 0 saturated heterocycles. The molecule has 0 aliphatic carbocycles. The molecular formula is C9H11BrOS. The lowest BCUT2D eigenvalue weighted by atomic mass is 10.2. The van der Waals surface area contributed by atoms with Gasteiger partial charge in [0.25, 0.3) is 0 Å². The summed E-state index contributed by atoms with van der Waals surface area (Å²) in [5, 5.41) is 8.66. The van der Waals surface area contributed by atoms with Gasteiger partial charge in [0.15, 0.2) is 0 Å². The van der Waals surface area contributed by atoms with Crippen molar-refractivity contribution in [2.45, 2.75) is 11.8 Å². The van der Waals surface area contributed by atoms with Crippen molar-refractivity contribution in [3.05, 3.63) is 28.2 Å². The Hall–Kier alpha value is 0.01000. The zero-order valence-corrected chi connectivity index (χ0v) is 9.28. The van der Waals surface area contributed by atoms with Crippen molar-refractivity contribution >= 4 is 27.7 Å². The van der Waals surface area contributed by atoms with Crippen LogP contribution in [0.25, 0.3) is 0 Å². The second-order valence-electron chi connectivity index (χ2n) is 2.44. The van der Waals surface area contributed by atoms with Crippen LogP contribution in [0.5, 0.6) is 0 Å². The van der Waals surface area contributed by atoms with Gasteiger partial charge in [-0.25, -0.2) is 0 Å². The molecule has 0 aromatic heterocycles. The van der Waals surface area contributed by atoms with Gasteiger partial charge in [0.1, 0.15) is 0 Å². The summed E-state index contributed by atoms with van der Waals surface area (Å²) in [7, 11) is 0. The first-order valence-corrected chi connectivity index (χ1v) is 5.52. The van der Waals surface area contributed by atoms with Crippen molar-refractivity contribution in [3.8, 4) is 0 Å². The van der Waals surface area contributed by atoms with Crippen LogP contribution < -0.4 is 0 Å². The Kier molecular flexibility index (Phi) is 4.12. The van der Waals surface area contributed by atoms with E-state index in [-0.39, 0.29) is 6.61 Å². The van der Waals surface area contributed by atoms with E-state index in [4.69, 9.17) is 5.11 Å². The third-order valence-electron chi connectivity index (χ3n) is 1.57. The highest BCUT2D eigenvalue weighted by atomic mass is 79.9. The van der Waals surface area contributed by atoms with Crippen molar-refractivity contribution in [3.63, 3.8) is 0 Å². The topological polar surface area (TPSA) is 20.2 Å². The molecule has 1 nitrogen and oxygen atoms in total. The molecule has 1 aromatic carbocycles. The Morgan fingerprint density at radius 1 is 1.50 bits per heavy atom. The van der Waals surface area contributed by atoms with Crippen LogP contribution in [0.2, 0.25) is 0 Å². The van der Waals surface area contributed by atoms with Gasteiger partial charge in [-0.3, -0.25) is 0 Å². The number of rotatable bonds is 3. The van der Waals surface area contributed by atoms with Crippen molar-refractivity contribution in [2.24, 2.45) is 0 Å². The zero-order valence-electron chi connectivity index (χ0n) is 6.88. The molecule has 0 unspecified atom stereocenters. The predicted molar refractivity (Wildman–Crippen MR) is 56.7 cm³/mol. The average Bonchev–Trinajstić information content (AvgIpc) is 2.08. The van der Waals surface area contributed by atoms with Crippen molar-refractivity contribution < 1.29 is 5.11 Å². The Morgan fingerprint density at radius 3 is 2.92 bits per heavy atom. The number of hydrogen-bond donors (Lipinski definition) is 1. The fourth-order valence-electron chi connectivity index (χ4n) is 0.900. The molecule has 0 aliphatic heterocycles. The lowest BCUT2D eigenvalue weighted by molar-refractivity contribution is 0.322. The molecule has 3 heteroatoms. The van der Waals surface area contributed by atoms with Gasteiger partial charge in [-0.05, 0) is 24.6 Å². The molecule has 0 bridgehead atoms. The van der Waals surface area contributed by atoms with Gasteiger partial charge >= 0.3 is 0 Å². The highest BCUT2D eigenvalue weighted by Crippen LogP contribution is 2.27. The maximum absolute atomic E-state index is 8.66. The zero-order chi connectivity index (χ0) is 8.97. The molecule has 0 fully saturated rings. The van der Waals surface area contributed by atoms with Crippen LogP contribution >= 0.6 is 27.7 Å². The Balaban J connectivity index is 2.78. The minimum absolute atomic E-state index is 0.233. The fourth-order valence-corrected chi connectivity index (χ4v) is 2.21. The van der Waals surface area contributed by atoms with Gasteiger partial charge in [-0.1, -0.05) is 22.0 Å². The summed E-state index contributed by atoms with van der Waals surface area (Å²) in [5.74, 6) is 0.761. The van der Waals surface area contributed by atoms with E-state index >= 15 is 0 Å². The second-order valence-corrected chi connectivity index (χ2v) is 4.43. The largest absolute Gasteiger partial charge is 0.396 e.